The molecule has 0 aliphatic carbocycles. The molecule has 0 saturated carbocycles. The van der Waals surface area contributed by atoms with Gasteiger partial charge in [-0.2, -0.15) is 0 Å². The van der Waals surface area contributed by atoms with Crippen LogP contribution >= 0.6 is 34.4 Å². The summed E-state index contributed by atoms with van der Waals surface area (Å²) in [6.07, 6.45) is 2.56. The van der Waals surface area contributed by atoms with Crippen LogP contribution in [0.25, 0.3) is 6.08 Å². The molecule has 2 aromatic carbocycles. The number of benzene rings is 2. The average Bonchev–Trinajstić information content (AvgIpc) is 2.96. The first-order chi connectivity index (χ1) is 14.4. The van der Waals surface area contributed by atoms with E-state index < -0.39 is 0 Å². The highest BCUT2D eigenvalue weighted by Gasteiger charge is 2.35. The van der Waals surface area contributed by atoms with Crippen LogP contribution in [0, 0.1) is 9.39 Å². The zero-order chi connectivity index (χ0) is 21.7. The van der Waals surface area contributed by atoms with Crippen LogP contribution in [0.15, 0.2) is 41.3 Å². The van der Waals surface area contributed by atoms with Gasteiger partial charge in [0.15, 0.2) is 11.5 Å². The molecule has 3 rings (SSSR count). The molecule has 2 aromatic rings. The second-order valence-corrected chi connectivity index (χ2v) is 8.66. The Labute approximate surface area is 192 Å². The molecule has 1 aliphatic heterocycles. The average molecular weight is 541 g/mol. The summed E-state index contributed by atoms with van der Waals surface area (Å²) < 4.78 is 25.5. The Hall–Kier alpha value is -2.07. The molecule has 0 spiro atoms. The third-order valence-corrected chi connectivity index (χ3v) is 5.92. The summed E-state index contributed by atoms with van der Waals surface area (Å²) >= 11 is 3.07. The molecule has 1 aliphatic rings. The number of hydrogen-bond donors (Lipinski definition) is 0. The van der Waals surface area contributed by atoms with Gasteiger partial charge in [0.1, 0.15) is 5.82 Å². The first-order valence-corrected chi connectivity index (χ1v) is 11.4. The van der Waals surface area contributed by atoms with Gasteiger partial charge >= 0.3 is 0 Å². The number of carbonyl (C=O) groups excluding carboxylic acids is 2. The number of imide groups is 1. The maximum Gasteiger partial charge on any atom is 0.293 e. The summed E-state index contributed by atoms with van der Waals surface area (Å²) in [6.45, 7) is 5.09. The molecule has 0 bridgehead atoms. The van der Waals surface area contributed by atoms with Crippen LogP contribution in [0.5, 0.6) is 11.5 Å². The van der Waals surface area contributed by atoms with E-state index in [9.17, 15) is 14.0 Å². The van der Waals surface area contributed by atoms with Crippen molar-refractivity contribution in [3.05, 3.63) is 61.8 Å². The van der Waals surface area contributed by atoms with Crippen LogP contribution in [0.4, 0.5) is 9.18 Å². The molecule has 158 valence electrons. The van der Waals surface area contributed by atoms with Gasteiger partial charge in [-0.25, -0.2) is 4.39 Å². The fourth-order valence-corrected chi connectivity index (χ4v) is 4.46. The van der Waals surface area contributed by atoms with Crippen LogP contribution in [0.2, 0.25) is 0 Å². The van der Waals surface area contributed by atoms with Crippen molar-refractivity contribution in [2.24, 2.45) is 0 Å². The molecule has 0 radical (unpaired) electrons. The molecule has 5 nitrogen and oxygen atoms in total. The first kappa shape index (κ1) is 22.6. The van der Waals surface area contributed by atoms with E-state index in [1.54, 1.807) is 18.2 Å². The van der Waals surface area contributed by atoms with Gasteiger partial charge in [0.25, 0.3) is 11.1 Å². The summed E-state index contributed by atoms with van der Waals surface area (Å²) in [4.78, 5) is 26.7. The van der Waals surface area contributed by atoms with Gasteiger partial charge in [0, 0.05) is 0 Å². The van der Waals surface area contributed by atoms with Gasteiger partial charge in [-0.1, -0.05) is 19.1 Å². The predicted octanol–water partition coefficient (Wildman–Crippen LogP) is 5.85. The van der Waals surface area contributed by atoms with E-state index in [4.69, 9.17) is 9.47 Å². The zero-order valence-corrected chi connectivity index (χ0v) is 19.6. The number of halogens is 2. The summed E-state index contributed by atoms with van der Waals surface area (Å²) in [7, 11) is 0. The van der Waals surface area contributed by atoms with Crippen molar-refractivity contribution in [3.63, 3.8) is 0 Å². The second kappa shape index (κ2) is 10.3. The minimum Gasteiger partial charge on any atom is -0.490 e. The fourth-order valence-electron chi connectivity index (χ4n) is 2.84. The van der Waals surface area contributed by atoms with Crippen molar-refractivity contribution in [3.8, 4) is 11.5 Å². The second-order valence-electron chi connectivity index (χ2n) is 6.51. The molecule has 1 heterocycles. The summed E-state index contributed by atoms with van der Waals surface area (Å²) in [5, 5.41) is -0.349. The molecule has 0 aromatic heterocycles. The molecule has 0 unspecified atom stereocenters. The lowest BCUT2D eigenvalue weighted by atomic mass is 10.1. The summed E-state index contributed by atoms with van der Waals surface area (Å²) in [5.74, 6) is 0.558. The Kier molecular flexibility index (Phi) is 7.76. The number of amides is 2. The quantitative estimate of drug-likeness (QED) is 0.310. The van der Waals surface area contributed by atoms with Crippen LogP contribution < -0.4 is 9.47 Å². The van der Waals surface area contributed by atoms with Gasteiger partial charge in [-0.3, -0.25) is 14.5 Å². The number of rotatable bonds is 8. The number of nitrogens with zero attached hydrogens (tertiary/aromatic N) is 1. The fraction of sp³-hybridized carbons (Fsp3) is 0.273. The van der Waals surface area contributed by atoms with E-state index in [1.165, 1.54) is 12.1 Å². The van der Waals surface area contributed by atoms with Gasteiger partial charge in [-0.05, 0) is 89.2 Å². The topological polar surface area (TPSA) is 55.8 Å². The van der Waals surface area contributed by atoms with E-state index in [0.717, 1.165) is 32.2 Å². The Morgan fingerprint density at radius 2 is 1.87 bits per heavy atom. The largest absolute Gasteiger partial charge is 0.490 e. The number of ether oxygens (including phenoxy) is 2. The molecule has 1 saturated heterocycles. The minimum absolute atomic E-state index is 0.105. The zero-order valence-electron chi connectivity index (χ0n) is 16.6. The standard InChI is InChI=1S/C22H21FINO4S/c1-3-9-29-20-17(24)10-15(11-18(20)28-4-2)12-19-21(26)25(22(27)30-19)13-14-5-7-16(23)8-6-14/h5-8,10-12H,3-4,9,13H2,1-2H3/b19-12-. The molecular formula is C22H21FINO4S. The Balaban J connectivity index is 1.84. The molecule has 0 N–H and O–H groups in total. The van der Waals surface area contributed by atoms with E-state index >= 15 is 0 Å². The predicted molar refractivity (Wildman–Crippen MR) is 124 cm³/mol. The summed E-state index contributed by atoms with van der Waals surface area (Å²) in [5.41, 5.74) is 1.43. The maximum absolute atomic E-state index is 13.1. The van der Waals surface area contributed by atoms with Crippen molar-refractivity contribution in [1.29, 1.82) is 0 Å². The lowest BCUT2D eigenvalue weighted by Crippen LogP contribution is -2.27. The smallest absolute Gasteiger partial charge is 0.293 e. The Morgan fingerprint density at radius 3 is 2.53 bits per heavy atom. The molecule has 30 heavy (non-hydrogen) atoms. The number of hydrogen-bond acceptors (Lipinski definition) is 5. The van der Waals surface area contributed by atoms with Crippen molar-refractivity contribution in [2.45, 2.75) is 26.8 Å². The maximum atomic E-state index is 13.1. The van der Waals surface area contributed by atoms with Gasteiger partial charge in [-0.15, -0.1) is 0 Å². The van der Waals surface area contributed by atoms with Gasteiger partial charge in [0.2, 0.25) is 0 Å². The lowest BCUT2D eigenvalue weighted by molar-refractivity contribution is -0.123. The van der Waals surface area contributed by atoms with Crippen molar-refractivity contribution >= 4 is 51.6 Å². The lowest BCUT2D eigenvalue weighted by Gasteiger charge is -2.14. The Bertz CT molecular complexity index is 978. The molecular weight excluding hydrogens is 520 g/mol. The Morgan fingerprint density at radius 1 is 1.13 bits per heavy atom. The van der Waals surface area contributed by atoms with Crippen LogP contribution in [-0.2, 0) is 11.3 Å². The minimum atomic E-state index is -0.367. The molecule has 2 amide bonds. The third-order valence-electron chi connectivity index (χ3n) is 4.21. The van der Waals surface area contributed by atoms with Crippen LogP contribution in [0.1, 0.15) is 31.4 Å². The van der Waals surface area contributed by atoms with Crippen molar-refractivity contribution in [2.75, 3.05) is 13.2 Å². The van der Waals surface area contributed by atoms with Gasteiger partial charge < -0.3 is 9.47 Å². The van der Waals surface area contributed by atoms with E-state index in [1.807, 2.05) is 26.0 Å². The van der Waals surface area contributed by atoms with E-state index in [-0.39, 0.29) is 23.5 Å². The van der Waals surface area contributed by atoms with Gasteiger partial charge in [0.05, 0.1) is 28.2 Å². The van der Waals surface area contributed by atoms with E-state index in [0.29, 0.717) is 35.2 Å². The molecule has 8 heteroatoms. The van der Waals surface area contributed by atoms with Crippen LogP contribution in [-0.4, -0.2) is 29.3 Å². The molecule has 0 atom stereocenters. The summed E-state index contributed by atoms with van der Waals surface area (Å²) in [6, 6.07) is 9.45. The monoisotopic (exact) mass is 541 g/mol. The number of carbonyl (C=O) groups is 2. The third kappa shape index (κ3) is 5.34. The first-order valence-electron chi connectivity index (χ1n) is 9.51. The van der Waals surface area contributed by atoms with Crippen molar-refractivity contribution in [1.82, 2.24) is 4.90 Å². The highest BCUT2D eigenvalue weighted by molar-refractivity contribution is 14.1. The van der Waals surface area contributed by atoms with E-state index in [2.05, 4.69) is 22.6 Å². The van der Waals surface area contributed by atoms with Crippen molar-refractivity contribution < 1.29 is 23.5 Å². The molecule has 1 fully saturated rings. The van der Waals surface area contributed by atoms with Crippen LogP contribution in [0.3, 0.4) is 0 Å². The number of thioether (sulfide) groups is 1. The highest BCUT2D eigenvalue weighted by atomic mass is 127. The SMILES string of the molecule is CCCOc1c(I)cc(/C=C2\SC(=O)N(Cc3ccc(F)cc3)C2=O)cc1OCC. The normalized spacial score (nSPS) is 15.2. The highest BCUT2D eigenvalue weighted by Crippen LogP contribution is 2.38.